The van der Waals surface area contributed by atoms with Gasteiger partial charge in [0.25, 0.3) is 0 Å². The van der Waals surface area contributed by atoms with Crippen LogP contribution in [0.15, 0.2) is 36.7 Å². The maximum absolute atomic E-state index is 11.7. The zero-order chi connectivity index (χ0) is 14.5. The molecule has 1 heterocycles. The Morgan fingerprint density at radius 2 is 2.25 bits per heavy atom. The number of aromatic nitrogens is 2. The number of imidazole rings is 1. The van der Waals surface area contributed by atoms with Gasteiger partial charge in [0.15, 0.2) is 0 Å². The predicted octanol–water partition coefficient (Wildman–Crippen LogP) is 2.91. The summed E-state index contributed by atoms with van der Waals surface area (Å²) in [6.07, 6.45) is 2.98. The molecular formula is C14H16ClN3O2. The molecule has 0 aliphatic heterocycles. The van der Waals surface area contributed by atoms with Crippen LogP contribution in [0.1, 0.15) is 24.4 Å². The SMILES string of the molecule is CCOC(=O)NC(c1ccccc1Cl)c1nccn1C. The van der Waals surface area contributed by atoms with Crippen molar-refractivity contribution in [1.29, 1.82) is 0 Å². The van der Waals surface area contributed by atoms with E-state index in [1.165, 1.54) is 0 Å². The van der Waals surface area contributed by atoms with E-state index in [9.17, 15) is 4.79 Å². The molecule has 1 amide bonds. The fourth-order valence-electron chi connectivity index (χ4n) is 1.94. The van der Waals surface area contributed by atoms with Crippen molar-refractivity contribution in [3.8, 4) is 0 Å². The number of ether oxygens (including phenoxy) is 1. The van der Waals surface area contributed by atoms with Crippen LogP contribution in [-0.4, -0.2) is 22.3 Å². The Morgan fingerprint density at radius 1 is 1.50 bits per heavy atom. The second-order valence-electron chi connectivity index (χ2n) is 4.22. The fraction of sp³-hybridized carbons (Fsp3) is 0.286. The van der Waals surface area contributed by atoms with Crippen molar-refractivity contribution >= 4 is 17.7 Å². The van der Waals surface area contributed by atoms with Gasteiger partial charge in [0.05, 0.1) is 6.61 Å². The molecule has 1 atom stereocenters. The molecule has 1 N–H and O–H groups in total. The van der Waals surface area contributed by atoms with E-state index in [2.05, 4.69) is 10.3 Å². The van der Waals surface area contributed by atoms with Gasteiger partial charge in [-0.15, -0.1) is 0 Å². The third-order valence-electron chi connectivity index (χ3n) is 2.87. The summed E-state index contributed by atoms with van der Waals surface area (Å²) in [6.45, 7) is 2.06. The Labute approximate surface area is 122 Å². The lowest BCUT2D eigenvalue weighted by Gasteiger charge is -2.19. The predicted molar refractivity (Wildman–Crippen MR) is 76.7 cm³/mol. The first-order chi connectivity index (χ1) is 9.63. The number of carbonyl (C=O) groups is 1. The van der Waals surface area contributed by atoms with Crippen LogP contribution in [0.25, 0.3) is 0 Å². The van der Waals surface area contributed by atoms with E-state index in [0.717, 1.165) is 5.56 Å². The Morgan fingerprint density at radius 3 is 2.85 bits per heavy atom. The van der Waals surface area contributed by atoms with Crippen LogP contribution < -0.4 is 5.32 Å². The topological polar surface area (TPSA) is 56.1 Å². The van der Waals surface area contributed by atoms with Crippen molar-refractivity contribution in [3.05, 3.63) is 53.1 Å². The quantitative estimate of drug-likeness (QED) is 0.943. The number of aryl methyl sites for hydroxylation is 1. The smallest absolute Gasteiger partial charge is 0.407 e. The molecule has 106 valence electrons. The van der Waals surface area contributed by atoms with Gasteiger partial charge in [0, 0.05) is 30.0 Å². The van der Waals surface area contributed by atoms with Gasteiger partial charge >= 0.3 is 6.09 Å². The van der Waals surface area contributed by atoms with Gasteiger partial charge in [-0.2, -0.15) is 0 Å². The van der Waals surface area contributed by atoms with Gasteiger partial charge in [0.1, 0.15) is 11.9 Å². The lowest BCUT2D eigenvalue weighted by atomic mass is 10.1. The van der Waals surface area contributed by atoms with Crippen molar-refractivity contribution < 1.29 is 9.53 Å². The number of hydrogen-bond acceptors (Lipinski definition) is 3. The lowest BCUT2D eigenvalue weighted by molar-refractivity contribution is 0.149. The van der Waals surface area contributed by atoms with Crippen LogP contribution in [0.2, 0.25) is 5.02 Å². The van der Waals surface area contributed by atoms with Gasteiger partial charge in [0.2, 0.25) is 0 Å². The highest BCUT2D eigenvalue weighted by Gasteiger charge is 2.23. The molecule has 0 spiro atoms. The van der Waals surface area contributed by atoms with Crippen LogP contribution in [0.3, 0.4) is 0 Å². The molecule has 5 nitrogen and oxygen atoms in total. The molecule has 2 aromatic rings. The molecule has 0 bridgehead atoms. The highest BCUT2D eigenvalue weighted by atomic mass is 35.5. The van der Waals surface area contributed by atoms with Gasteiger partial charge < -0.3 is 14.6 Å². The molecule has 0 saturated carbocycles. The highest BCUT2D eigenvalue weighted by Crippen LogP contribution is 2.27. The molecule has 1 aromatic heterocycles. The standard InChI is InChI=1S/C14H16ClN3O2/c1-3-20-14(19)17-12(13-16-8-9-18(13)2)10-6-4-5-7-11(10)15/h4-9,12H,3H2,1-2H3,(H,17,19). The molecule has 0 aliphatic carbocycles. The fourth-order valence-corrected chi connectivity index (χ4v) is 2.18. The normalized spacial score (nSPS) is 11.9. The summed E-state index contributed by atoms with van der Waals surface area (Å²) in [5.74, 6) is 0.686. The molecule has 20 heavy (non-hydrogen) atoms. The van der Waals surface area contributed by atoms with Crippen LogP contribution in [0.4, 0.5) is 4.79 Å². The summed E-state index contributed by atoms with van der Waals surface area (Å²) in [4.78, 5) is 16.0. The van der Waals surface area contributed by atoms with Gasteiger partial charge in [-0.25, -0.2) is 9.78 Å². The van der Waals surface area contributed by atoms with E-state index in [0.29, 0.717) is 17.5 Å². The number of hydrogen-bond donors (Lipinski definition) is 1. The molecule has 6 heteroatoms. The van der Waals surface area contributed by atoms with Gasteiger partial charge in [-0.05, 0) is 13.0 Å². The van der Waals surface area contributed by atoms with Crippen molar-refractivity contribution in [3.63, 3.8) is 0 Å². The number of rotatable bonds is 4. The van der Waals surface area contributed by atoms with E-state index in [-0.39, 0.29) is 0 Å². The Balaban J connectivity index is 2.37. The zero-order valence-corrected chi connectivity index (χ0v) is 12.1. The molecule has 0 saturated heterocycles. The summed E-state index contributed by atoms with van der Waals surface area (Å²) >= 11 is 6.22. The minimum Gasteiger partial charge on any atom is -0.450 e. The summed E-state index contributed by atoms with van der Waals surface area (Å²) in [5.41, 5.74) is 0.775. The largest absolute Gasteiger partial charge is 0.450 e. The molecule has 0 radical (unpaired) electrons. The first-order valence-corrected chi connectivity index (χ1v) is 6.66. The number of nitrogens with one attached hydrogen (secondary N) is 1. The maximum Gasteiger partial charge on any atom is 0.407 e. The monoisotopic (exact) mass is 293 g/mol. The average Bonchev–Trinajstić information content (AvgIpc) is 2.83. The number of halogens is 1. The van der Waals surface area contributed by atoms with E-state index in [1.807, 2.05) is 36.0 Å². The Hall–Kier alpha value is -2.01. The van der Waals surface area contributed by atoms with Crippen molar-refractivity contribution in [2.75, 3.05) is 6.61 Å². The summed E-state index contributed by atoms with van der Waals surface area (Å²) < 4.78 is 6.78. The number of amides is 1. The first kappa shape index (κ1) is 14.4. The summed E-state index contributed by atoms with van der Waals surface area (Å²) in [6, 6.07) is 6.88. The third-order valence-corrected chi connectivity index (χ3v) is 3.21. The average molecular weight is 294 g/mol. The Kier molecular flexibility index (Phi) is 4.63. The molecule has 0 fully saturated rings. The molecule has 0 aliphatic rings. The number of benzene rings is 1. The Bertz CT molecular complexity index is 598. The number of alkyl carbamates (subject to hydrolysis) is 1. The summed E-state index contributed by atoms with van der Waals surface area (Å²) in [5, 5.41) is 3.36. The van der Waals surface area contributed by atoms with E-state index >= 15 is 0 Å². The lowest BCUT2D eigenvalue weighted by Crippen LogP contribution is -2.31. The van der Waals surface area contributed by atoms with Gasteiger partial charge in [-0.3, -0.25) is 0 Å². The molecule has 2 rings (SSSR count). The van der Waals surface area contributed by atoms with Crippen LogP contribution >= 0.6 is 11.6 Å². The van der Waals surface area contributed by atoms with Crippen molar-refractivity contribution in [1.82, 2.24) is 14.9 Å². The maximum atomic E-state index is 11.7. The van der Waals surface area contributed by atoms with E-state index < -0.39 is 12.1 Å². The third kappa shape index (κ3) is 3.11. The molecule has 1 unspecified atom stereocenters. The highest BCUT2D eigenvalue weighted by molar-refractivity contribution is 6.31. The van der Waals surface area contributed by atoms with Crippen LogP contribution in [0, 0.1) is 0 Å². The second-order valence-corrected chi connectivity index (χ2v) is 4.62. The van der Waals surface area contributed by atoms with Crippen molar-refractivity contribution in [2.45, 2.75) is 13.0 Å². The second kappa shape index (κ2) is 6.43. The van der Waals surface area contributed by atoms with E-state index in [1.54, 1.807) is 19.2 Å². The first-order valence-electron chi connectivity index (χ1n) is 6.28. The van der Waals surface area contributed by atoms with Gasteiger partial charge in [-0.1, -0.05) is 29.8 Å². The number of nitrogens with zero attached hydrogens (tertiary/aromatic N) is 2. The van der Waals surface area contributed by atoms with E-state index in [4.69, 9.17) is 16.3 Å². The molecular weight excluding hydrogens is 278 g/mol. The summed E-state index contributed by atoms with van der Waals surface area (Å²) in [7, 11) is 1.86. The molecule has 1 aromatic carbocycles. The minimum absolute atomic E-state index is 0.307. The van der Waals surface area contributed by atoms with Crippen LogP contribution in [0.5, 0.6) is 0 Å². The number of carbonyl (C=O) groups excluding carboxylic acids is 1. The minimum atomic E-state index is -0.500. The van der Waals surface area contributed by atoms with Crippen molar-refractivity contribution in [2.24, 2.45) is 7.05 Å². The van der Waals surface area contributed by atoms with Crippen LogP contribution in [-0.2, 0) is 11.8 Å². The zero-order valence-electron chi connectivity index (χ0n) is 11.3.